The quantitative estimate of drug-likeness (QED) is 0.930. The third kappa shape index (κ3) is 3.13. The molecular formula is C20H27N3O2. The summed E-state index contributed by atoms with van der Waals surface area (Å²) < 4.78 is 7.61. The zero-order valence-corrected chi connectivity index (χ0v) is 15.1. The predicted octanol–water partition coefficient (Wildman–Crippen LogP) is 3.10. The van der Waals surface area contributed by atoms with E-state index in [1.165, 1.54) is 25.8 Å². The lowest BCUT2D eigenvalue weighted by molar-refractivity contribution is 0.0914. The van der Waals surface area contributed by atoms with Crippen molar-refractivity contribution in [1.82, 2.24) is 14.8 Å². The van der Waals surface area contributed by atoms with E-state index >= 15 is 0 Å². The van der Waals surface area contributed by atoms with Crippen LogP contribution in [0.25, 0.3) is 0 Å². The molecule has 4 heterocycles. The van der Waals surface area contributed by atoms with Crippen LogP contribution in [0, 0.1) is 13.8 Å². The fraction of sp³-hybridized carbons (Fsp3) is 0.550. The van der Waals surface area contributed by atoms with Crippen LogP contribution in [0.2, 0.25) is 0 Å². The van der Waals surface area contributed by atoms with Crippen LogP contribution in [0.3, 0.4) is 0 Å². The van der Waals surface area contributed by atoms with E-state index in [1.54, 1.807) is 6.26 Å². The maximum Gasteiger partial charge on any atom is 0.253 e. The van der Waals surface area contributed by atoms with Crippen molar-refractivity contribution in [3.05, 3.63) is 47.2 Å². The van der Waals surface area contributed by atoms with Crippen molar-refractivity contribution in [3.63, 3.8) is 0 Å². The zero-order valence-electron chi connectivity index (χ0n) is 15.1. The standard InChI is InChI=1S/C20H27N3O2/c1-14-12-17(15(2)23(14)13-16-6-5-11-25-16)20(24)21-18-8-10-22-9-4-3-7-19(18)22/h5-6,11-12,18-19H,3-4,7-10,13H2,1-2H3,(H,21,24). The Balaban J connectivity index is 1.49. The molecule has 2 fully saturated rings. The first kappa shape index (κ1) is 16.5. The lowest BCUT2D eigenvalue weighted by Crippen LogP contribution is -2.46. The van der Waals surface area contributed by atoms with Crippen molar-refractivity contribution < 1.29 is 9.21 Å². The minimum absolute atomic E-state index is 0.0659. The van der Waals surface area contributed by atoms with Gasteiger partial charge in [-0.05, 0) is 57.9 Å². The molecular weight excluding hydrogens is 314 g/mol. The number of carbonyl (C=O) groups is 1. The van der Waals surface area contributed by atoms with E-state index in [0.29, 0.717) is 18.6 Å². The number of carbonyl (C=O) groups excluding carboxylic acids is 1. The van der Waals surface area contributed by atoms with E-state index in [4.69, 9.17) is 4.42 Å². The molecule has 134 valence electrons. The average molecular weight is 341 g/mol. The van der Waals surface area contributed by atoms with Crippen LogP contribution >= 0.6 is 0 Å². The maximum atomic E-state index is 12.9. The number of nitrogens with one attached hydrogen (secondary N) is 1. The molecule has 0 aromatic carbocycles. The molecule has 0 spiro atoms. The Morgan fingerprint density at radius 2 is 2.16 bits per heavy atom. The first-order valence-corrected chi connectivity index (χ1v) is 9.37. The van der Waals surface area contributed by atoms with Crippen LogP contribution in [0.15, 0.2) is 28.9 Å². The number of piperidine rings is 1. The van der Waals surface area contributed by atoms with Gasteiger partial charge in [-0.15, -0.1) is 0 Å². The zero-order chi connectivity index (χ0) is 17.4. The summed E-state index contributed by atoms with van der Waals surface area (Å²) in [5, 5.41) is 3.32. The molecule has 2 aromatic heterocycles. The number of aromatic nitrogens is 1. The number of nitrogens with zero attached hydrogens (tertiary/aromatic N) is 2. The highest BCUT2D eigenvalue weighted by molar-refractivity contribution is 5.96. The molecule has 0 saturated carbocycles. The highest BCUT2D eigenvalue weighted by Crippen LogP contribution is 2.27. The summed E-state index contributed by atoms with van der Waals surface area (Å²) >= 11 is 0. The second-order valence-corrected chi connectivity index (χ2v) is 7.42. The fourth-order valence-corrected chi connectivity index (χ4v) is 4.49. The van der Waals surface area contributed by atoms with Crippen LogP contribution in [0.5, 0.6) is 0 Å². The summed E-state index contributed by atoms with van der Waals surface area (Å²) in [7, 11) is 0. The molecule has 2 atom stereocenters. The van der Waals surface area contributed by atoms with Crippen LogP contribution in [0.1, 0.15) is 53.2 Å². The van der Waals surface area contributed by atoms with E-state index in [1.807, 2.05) is 32.0 Å². The van der Waals surface area contributed by atoms with Gasteiger partial charge in [-0.25, -0.2) is 0 Å². The van der Waals surface area contributed by atoms with Crippen molar-refractivity contribution in [1.29, 1.82) is 0 Å². The minimum Gasteiger partial charge on any atom is -0.467 e. The van der Waals surface area contributed by atoms with Crippen molar-refractivity contribution in [2.45, 2.75) is 58.2 Å². The Morgan fingerprint density at radius 3 is 2.96 bits per heavy atom. The molecule has 2 unspecified atom stereocenters. The first-order valence-electron chi connectivity index (χ1n) is 9.37. The molecule has 0 bridgehead atoms. The molecule has 5 heteroatoms. The Hall–Kier alpha value is -2.01. The topological polar surface area (TPSA) is 50.4 Å². The summed E-state index contributed by atoms with van der Waals surface area (Å²) in [6.07, 6.45) is 6.55. The predicted molar refractivity (Wildman–Crippen MR) is 96.8 cm³/mol. The van der Waals surface area contributed by atoms with Gasteiger partial charge < -0.3 is 14.3 Å². The number of amides is 1. The van der Waals surface area contributed by atoms with Crippen molar-refractivity contribution >= 4 is 5.91 Å². The smallest absolute Gasteiger partial charge is 0.253 e. The molecule has 2 saturated heterocycles. The number of fused-ring (bicyclic) bond motifs is 1. The summed E-state index contributed by atoms with van der Waals surface area (Å²) in [5.74, 6) is 0.971. The van der Waals surface area contributed by atoms with Crippen molar-refractivity contribution in [2.75, 3.05) is 13.1 Å². The average Bonchev–Trinajstić information content (AvgIpc) is 3.32. The van der Waals surface area contributed by atoms with Gasteiger partial charge in [-0.3, -0.25) is 9.69 Å². The summed E-state index contributed by atoms with van der Waals surface area (Å²) in [6.45, 7) is 7.04. The third-order valence-electron chi connectivity index (χ3n) is 5.88. The second kappa shape index (κ2) is 6.71. The minimum atomic E-state index is 0.0659. The van der Waals surface area contributed by atoms with E-state index < -0.39 is 0 Å². The van der Waals surface area contributed by atoms with Gasteiger partial charge in [-0.1, -0.05) is 6.42 Å². The van der Waals surface area contributed by atoms with Crippen molar-refractivity contribution in [3.8, 4) is 0 Å². The summed E-state index contributed by atoms with van der Waals surface area (Å²) in [4.78, 5) is 15.4. The SMILES string of the molecule is Cc1cc(C(=O)NC2CCN3CCCCC23)c(C)n1Cc1ccco1. The van der Waals surface area contributed by atoms with Gasteiger partial charge >= 0.3 is 0 Å². The molecule has 1 N–H and O–H groups in total. The summed E-state index contributed by atoms with van der Waals surface area (Å²) in [6, 6.07) is 6.69. The molecule has 4 rings (SSSR count). The van der Waals surface area contributed by atoms with Crippen LogP contribution < -0.4 is 5.32 Å². The first-order chi connectivity index (χ1) is 12.1. The molecule has 5 nitrogen and oxygen atoms in total. The number of rotatable bonds is 4. The van der Waals surface area contributed by atoms with Gasteiger partial charge in [0.05, 0.1) is 18.4 Å². The fourth-order valence-electron chi connectivity index (χ4n) is 4.49. The Morgan fingerprint density at radius 1 is 1.28 bits per heavy atom. The van der Waals surface area contributed by atoms with Gasteiger partial charge in [0.25, 0.3) is 5.91 Å². The third-order valence-corrected chi connectivity index (χ3v) is 5.88. The Bertz CT molecular complexity index is 747. The number of furan rings is 1. The largest absolute Gasteiger partial charge is 0.467 e. The molecule has 25 heavy (non-hydrogen) atoms. The molecule has 2 aromatic rings. The normalized spacial score (nSPS) is 23.6. The van der Waals surface area contributed by atoms with Crippen molar-refractivity contribution in [2.24, 2.45) is 0 Å². The van der Waals surface area contributed by atoms with Gasteiger partial charge in [0.2, 0.25) is 0 Å². The molecule has 1 amide bonds. The van der Waals surface area contributed by atoms with E-state index in [2.05, 4.69) is 14.8 Å². The number of hydrogen-bond acceptors (Lipinski definition) is 3. The van der Waals surface area contributed by atoms with Crippen LogP contribution in [-0.4, -0.2) is 40.5 Å². The van der Waals surface area contributed by atoms with E-state index in [0.717, 1.165) is 35.7 Å². The highest BCUT2D eigenvalue weighted by atomic mass is 16.3. The lowest BCUT2D eigenvalue weighted by atomic mass is 9.99. The number of aryl methyl sites for hydroxylation is 1. The van der Waals surface area contributed by atoms with Crippen LogP contribution in [0.4, 0.5) is 0 Å². The molecule has 2 aliphatic rings. The summed E-state index contributed by atoms with van der Waals surface area (Å²) in [5.41, 5.74) is 2.88. The molecule has 2 aliphatic heterocycles. The molecule has 0 radical (unpaired) electrons. The van der Waals surface area contributed by atoms with E-state index in [9.17, 15) is 4.79 Å². The lowest BCUT2D eigenvalue weighted by Gasteiger charge is -2.32. The van der Waals surface area contributed by atoms with Gasteiger partial charge in [-0.2, -0.15) is 0 Å². The van der Waals surface area contributed by atoms with E-state index in [-0.39, 0.29) is 5.91 Å². The molecule has 0 aliphatic carbocycles. The highest BCUT2D eigenvalue weighted by Gasteiger charge is 2.36. The Labute approximate surface area is 149 Å². The van der Waals surface area contributed by atoms with Gasteiger partial charge in [0.1, 0.15) is 5.76 Å². The Kier molecular flexibility index (Phi) is 4.42. The monoisotopic (exact) mass is 341 g/mol. The van der Waals surface area contributed by atoms with Gasteiger partial charge in [0.15, 0.2) is 0 Å². The number of hydrogen-bond donors (Lipinski definition) is 1. The van der Waals surface area contributed by atoms with Gasteiger partial charge in [0, 0.05) is 30.0 Å². The second-order valence-electron chi connectivity index (χ2n) is 7.42. The maximum absolute atomic E-state index is 12.9. The van der Waals surface area contributed by atoms with Crippen LogP contribution in [-0.2, 0) is 6.54 Å².